The van der Waals surface area contributed by atoms with Gasteiger partial charge in [-0.05, 0) is 0 Å². The first kappa shape index (κ1) is 15.7. The number of hydrogen-bond acceptors (Lipinski definition) is 4. The summed E-state index contributed by atoms with van der Waals surface area (Å²) in [5.74, 6) is 0. The van der Waals surface area contributed by atoms with E-state index in [4.69, 9.17) is 0 Å². The Bertz CT molecular complexity index is 839. The van der Waals surface area contributed by atoms with Gasteiger partial charge in [0.25, 0.3) is 0 Å². The summed E-state index contributed by atoms with van der Waals surface area (Å²) in [6.07, 6.45) is 1.76. The molecule has 0 amide bonds. The van der Waals surface area contributed by atoms with Crippen LogP contribution in [-0.2, 0) is 12.8 Å². The van der Waals surface area contributed by atoms with Crippen molar-refractivity contribution in [2.45, 2.75) is 12.8 Å². The Morgan fingerprint density at radius 2 is 0.958 bits per heavy atom. The van der Waals surface area contributed by atoms with E-state index in [-0.39, 0.29) is 29.0 Å². The monoisotopic (exact) mass is 446 g/mol. The third-order valence-electron chi connectivity index (χ3n) is 3.51. The Morgan fingerprint density at radius 1 is 0.542 bits per heavy atom. The third-order valence-corrected chi connectivity index (χ3v) is 8.07. The molecule has 2 aromatic carbocycles. The van der Waals surface area contributed by atoms with Crippen LogP contribution < -0.4 is 0 Å². The maximum atomic E-state index is 4.38. The summed E-state index contributed by atoms with van der Waals surface area (Å²) in [4.78, 5) is 0. The van der Waals surface area contributed by atoms with Crippen molar-refractivity contribution < 1.29 is 0 Å². The molecule has 0 radical (unpaired) electrons. The Kier molecular flexibility index (Phi) is 4.81. The molecule has 0 saturated heterocycles. The quantitative estimate of drug-likeness (QED) is 0.444. The SMILES string of the molecule is c1ccc(Cc2nnc(-c3nnc(Cc4ccccc4)[se]3)[se]2)cc1. The van der Waals surface area contributed by atoms with Crippen molar-refractivity contribution in [3.63, 3.8) is 0 Å². The molecular formula is C18H14N4Se2. The molecule has 4 rings (SSSR count). The molecule has 0 atom stereocenters. The molecule has 0 aliphatic carbocycles. The van der Waals surface area contributed by atoms with Crippen molar-refractivity contribution >= 4 is 29.0 Å². The van der Waals surface area contributed by atoms with Gasteiger partial charge in [-0.2, -0.15) is 0 Å². The normalized spacial score (nSPS) is 10.8. The van der Waals surface area contributed by atoms with Gasteiger partial charge < -0.3 is 0 Å². The molecule has 118 valence electrons. The van der Waals surface area contributed by atoms with Crippen LogP contribution in [0.15, 0.2) is 60.7 Å². The Morgan fingerprint density at radius 3 is 1.38 bits per heavy atom. The molecule has 4 aromatic rings. The van der Waals surface area contributed by atoms with E-state index in [1.54, 1.807) is 0 Å². The number of nitrogens with zero attached hydrogens (tertiary/aromatic N) is 4. The van der Waals surface area contributed by atoms with E-state index in [1.165, 1.54) is 20.3 Å². The first-order chi connectivity index (χ1) is 11.9. The van der Waals surface area contributed by atoms with Gasteiger partial charge in [0.2, 0.25) is 0 Å². The van der Waals surface area contributed by atoms with Gasteiger partial charge in [-0.15, -0.1) is 0 Å². The second kappa shape index (κ2) is 7.37. The van der Waals surface area contributed by atoms with E-state index in [0.29, 0.717) is 0 Å². The van der Waals surface area contributed by atoms with Gasteiger partial charge in [0.15, 0.2) is 0 Å². The summed E-state index contributed by atoms with van der Waals surface area (Å²) < 4.78 is 4.44. The number of aromatic nitrogens is 4. The first-order valence-electron chi connectivity index (χ1n) is 7.60. The van der Waals surface area contributed by atoms with Crippen LogP contribution in [0.3, 0.4) is 0 Å². The Labute approximate surface area is 152 Å². The molecule has 0 aliphatic rings. The number of benzene rings is 2. The summed E-state index contributed by atoms with van der Waals surface area (Å²) in [6, 6.07) is 20.9. The summed E-state index contributed by atoms with van der Waals surface area (Å²) in [6.45, 7) is 0. The molecule has 24 heavy (non-hydrogen) atoms. The molecule has 6 heteroatoms. The number of rotatable bonds is 5. The molecule has 2 aromatic heterocycles. The predicted octanol–water partition coefficient (Wildman–Crippen LogP) is 2.23. The molecule has 0 unspecified atom stereocenters. The van der Waals surface area contributed by atoms with E-state index >= 15 is 0 Å². The molecule has 2 heterocycles. The van der Waals surface area contributed by atoms with Crippen molar-refractivity contribution in [2.75, 3.05) is 0 Å². The summed E-state index contributed by atoms with van der Waals surface area (Å²) in [7, 11) is 0. The van der Waals surface area contributed by atoms with Gasteiger partial charge in [0, 0.05) is 0 Å². The zero-order valence-electron chi connectivity index (χ0n) is 12.8. The molecule has 0 aliphatic heterocycles. The van der Waals surface area contributed by atoms with E-state index in [2.05, 4.69) is 68.9 Å². The van der Waals surface area contributed by atoms with Gasteiger partial charge in [0.05, 0.1) is 0 Å². The molecular weight excluding hydrogens is 430 g/mol. The van der Waals surface area contributed by atoms with Crippen molar-refractivity contribution in [2.24, 2.45) is 0 Å². The molecule has 0 saturated carbocycles. The van der Waals surface area contributed by atoms with Crippen LogP contribution in [0.1, 0.15) is 20.3 Å². The fraction of sp³-hybridized carbons (Fsp3) is 0.111. The van der Waals surface area contributed by atoms with Crippen LogP contribution in [-0.4, -0.2) is 49.4 Å². The van der Waals surface area contributed by atoms with Crippen LogP contribution in [0, 0.1) is 0 Å². The predicted molar refractivity (Wildman–Crippen MR) is 95.4 cm³/mol. The zero-order chi connectivity index (χ0) is 16.2. The molecule has 0 N–H and O–H groups in total. The van der Waals surface area contributed by atoms with E-state index < -0.39 is 0 Å². The summed E-state index contributed by atoms with van der Waals surface area (Å²) in [5.41, 5.74) is 2.57. The summed E-state index contributed by atoms with van der Waals surface area (Å²) in [5, 5.41) is 17.5. The van der Waals surface area contributed by atoms with Gasteiger partial charge in [-0.3, -0.25) is 0 Å². The van der Waals surface area contributed by atoms with Crippen molar-refractivity contribution in [1.29, 1.82) is 0 Å². The molecule has 4 nitrogen and oxygen atoms in total. The van der Waals surface area contributed by atoms with E-state index in [0.717, 1.165) is 22.0 Å². The third kappa shape index (κ3) is 3.79. The van der Waals surface area contributed by atoms with Gasteiger partial charge in [-0.1, -0.05) is 0 Å². The van der Waals surface area contributed by atoms with Gasteiger partial charge in [-0.25, -0.2) is 0 Å². The second-order valence-electron chi connectivity index (χ2n) is 5.33. The topological polar surface area (TPSA) is 51.6 Å². The maximum absolute atomic E-state index is 4.38. The van der Waals surface area contributed by atoms with Crippen LogP contribution in [0.5, 0.6) is 0 Å². The minimum absolute atomic E-state index is 0.175. The Hall–Kier alpha value is -1.84. The standard InChI is InChI=1S/C18H14N4Se2/c1-3-7-13(8-4-1)11-15-19-21-17(23-15)18-22-20-16(24-18)12-14-9-5-2-6-10-14/h1-10H,11-12H2. The molecule has 0 fully saturated rings. The van der Waals surface area contributed by atoms with Crippen LogP contribution >= 0.6 is 0 Å². The van der Waals surface area contributed by atoms with Crippen molar-refractivity contribution in [1.82, 2.24) is 20.4 Å². The fourth-order valence-electron chi connectivity index (χ4n) is 2.36. The van der Waals surface area contributed by atoms with Gasteiger partial charge >= 0.3 is 152 Å². The average Bonchev–Trinajstić information content (AvgIpc) is 3.26. The fourth-order valence-corrected chi connectivity index (χ4v) is 6.43. The second-order valence-corrected chi connectivity index (χ2v) is 9.78. The number of hydrogen-bond donors (Lipinski definition) is 0. The first-order valence-corrected chi connectivity index (χ1v) is 11.0. The van der Waals surface area contributed by atoms with E-state index in [1.807, 2.05) is 12.1 Å². The van der Waals surface area contributed by atoms with Crippen LogP contribution in [0.2, 0.25) is 0 Å². The Balaban J connectivity index is 1.49. The van der Waals surface area contributed by atoms with Crippen molar-refractivity contribution in [3.05, 3.63) is 80.9 Å². The van der Waals surface area contributed by atoms with Crippen molar-refractivity contribution in [3.8, 4) is 9.14 Å². The molecule has 0 spiro atoms. The van der Waals surface area contributed by atoms with Crippen LogP contribution in [0.4, 0.5) is 0 Å². The van der Waals surface area contributed by atoms with Crippen LogP contribution in [0.25, 0.3) is 9.14 Å². The van der Waals surface area contributed by atoms with Gasteiger partial charge in [0.1, 0.15) is 0 Å². The zero-order valence-corrected chi connectivity index (χ0v) is 16.2. The van der Waals surface area contributed by atoms with E-state index in [9.17, 15) is 0 Å². The summed E-state index contributed by atoms with van der Waals surface area (Å²) >= 11 is 0.349. The molecule has 0 bridgehead atoms. The average molecular weight is 444 g/mol. The minimum atomic E-state index is 0.175.